The first-order valence-electron chi connectivity index (χ1n) is 8.01. The number of ether oxygens (including phenoxy) is 1. The lowest BCUT2D eigenvalue weighted by molar-refractivity contribution is 0.109. The van der Waals surface area contributed by atoms with Crippen molar-refractivity contribution in [1.82, 2.24) is 4.98 Å². The Bertz CT molecular complexity index is 867. The third kappa shape index (κ3) is 2.95. The van der Waals surface area contributed by atoms with Crippen molar-refractivity contribution in [1.29, 1.82) is 0 Å². The van der Waals surface area contributed by atoms with Crippen LogP contribution in [0.2, 0.25) is 5.02 Å². The molecule has 2 atom stereocenters. The van der Waals surface area contributed by atoms with Crippen LogP contribution in [-0.4, -0.2) is 31.9 Å². The van der Waals surface area contributed by atoms with E-state index in [1.165, 1.54) is 0 Å². The first-order valence-corrected chi connectivity index (χ1v) is 9.93. The van der Waals surface area contributed by atoms with Crippen LogP contribution >= 0.6 is 11.6 Å². The molecule has 0 saturated heterocycles. The van der Waals surface area contributed by atoms with Crippen molar-refractivity contribution in [3.8, 4) is 0 Å². The van der Waals surface area contributed by atoms with Gasteiger partial charge in [-0.3, -0.25) is 0 Å². The number of oxazole rings is 1. The van der Waals surface area contributed by atoms with Gasteiger partial charge < -0.3 is 9.15 Å². The first kappa shape index (κ1) is 17.7. The molecular formula is C17H22ClNO4S. The molecule has 7 heteroatoms. The summed E-state index contributed by atoms with van der Waals surface area (Å²) in [5.74, 6) is 0.498. The summed E-state index contributed by atoms with van der Waals surface area (Å²) in [5, 5.41) is -0.325. The van der Waals surface area contributed by atoms with E-state index in [0.717, 1.165) is 6.42 Å². The molecule has 1 aromatic carbocycles. The molecule has 0 radical (unpaired) electrons. The molecule has 2 aromatic rings. The van der Waals surface area contributed by atoms with E-state index in [9.17, 15) is 8.42 Å². The van der Waals surface area contributed by atoms with Crippen LogP contribution in [0.4, 0.5) is 0 Å². The summed E-state index contributed by atoms with van der Waals surface area (Å²) in [6.45, 7) is 5.90. The van der Waals surface area contributed by atoms with E-state index in [4.69, 9.17) is 20.8 Å². The summed E-state index contributed by atoms with van der Waals surface area (Å²) in [6.07, 6.45) is 1.75. The van der Waals surface area contributed by atoms with Gasteiger partial charge in [0, 0.05) is 12.5 Å². The standard InChI is InChI=1S/C17H22ClNO4S/c1-17(2,3)16-19-13-8-7-12(18)15(14(13)23-16)24(20,21)11-6-5-10(9-11)22-4/h7-8,10-11H,5-6,9H2,1-4H3/t10-,11-/m0/s1. The van der Waals surface area contributed by atoms with Crippen molar-refractivity contribution >= 4 is 32.5 Å². The smallest absolute Gasteiger partial charge is 0.200 e. The van der Waals surface area contributed by atoms with Gasteiger partial charge in [-0.2, -0.15) is 0 Å². The number of halogens is 1. The highest BCUT2D eigenvalue weighted by atomic mass is 35.5. The number of hydrogen-bond acceptors (Lipinski definition) is 5. The third-order valence-corrected chi connectivity index (χ3v) is 7.21. The van der Waals surface area contributed by atoms with Crippen molar-refractivity contribution in [3.63, 3.8) is 0 Å². The van der Waals surface area contributed by atoms with Gasteiger partial charge in [0.15, 0.2) is 15.4 Å². The molecule has 1 aliphatic rings. The zero-order valence-corrected chi connectivity index (χ0v) is 15.9. The monoisotopic (exact) mass is 371 g/mol. The number of benzene rings is 1. The SMILES string of the molecule is CO[C@H]1CC[C@H](S(=O)(=O)c2c(Cl)ccc3nc(C(C)(C)C)oc23)C1. The third-order valence-electron chi connectivity index (χ3n) is 4.50. The molecule has 0 N–H and O–H groups in total. The lowest BCUT2D eigenvalue weighted by Gasteiger charge is -2.14. The molecule has 0 unspecified atom stereocenters. The van der Waals surface area contributed by atoms with Crippen LogP contribution in [0.15, 0.2) is 21.4 Å². The number of methoxy groups -OCH3 is 1. The molecule has 1 heterocycles. The zero-order chi connectivity index (χ0) is 17.7. The molecule has 1 aromatic heterocycles. The van der Waals surface area contributed by atoms with Crippen LogP contribution in [0.1, 0.15) is 45.9 Å². The molecule has 0 bridgehead atoms. The molecule has 1 saturated carbocycles. The lowest BCUT2D eigenvalue weighted by atomic mass is 9.97. The fourth-order valence-electron chi connectivity index (χ4n) is 3.09. The van der Waals surface area contributed by atoms with E-state index in [1.54, 1.807) is 19.2 Å². The minimum absolute atomic E-state index is 0.0254. The Labute approximate surface area is 147 Å². The maximum Gasteiger partial charge on any atom is 0.200 e. The van der Waals surface area contributed by atoms with Gasteiger partial charge in [-0.05, 0) is 31.4 Å². The van der Waals surface area contributed by atoms with Crippen molar-refractivity contribution in [3.05, 3.63) is 23.0 Å². The number of rotatable bonds is 3. The van der Waals surface area contributed by atoms with Gasteiger partial charge in [0.1, 0.15) is 10.4 Å². The van der Waals surface area contributed by atoms with E-state index in [0.29, 0.717) is 24.2 Å². The highest BCUT2D eigenvalue weighted by Gasteiger charge is 2.38. The normalized spacial score (nSPS) is 22.4. The second kappa shape index (κ2) is 6.00. The second-order valence-electron chi connectivity index (χ2n) is 7.33. The number of fused-ring (bicyclic) bond motifs is 1. The van der Waals surface area contributed by atoms with Gasteiger partial charge >= 0.3 is 0 Å². The molecule has 3 rings (SSSR count). The van der Waals surface area contributed by atoms with Crippen molar-refractivity contribution in [2.75, 3.05) is 7.11 Å². The Kier molecular flexibility index (Phi) is 4.43. The van der Waals surface area contributed by atoms with E-state index in [1.807, 2.05) is 20.8 Å². The summed E-state index contributed by atoms with van der Waals surface area (Å²) in [4.78, 5) is 4.50. The summed E-state index contributed by atoms with van der Waals surface area (Å²) in [7, 11) is -2.01. The zero-order valence-electron chi connectivity index (χ0n) is 14.3. The van der Waals surface area contributed by atoms with E-state index >= 15 is 0 Å². The van der Waals surface area contributed by atoms with Gasteiger partial charge in [-0.15, -0.1) is 0 Å². The topological polar surface area (TPSA) is 69.4 Å². The van der Waals surface area contributed by atoms with Crippen molar-refractivity contribution in [2.45, 2.75) is 61.7 Å². The quantitative estimate of drug-likeness (QED) is 0.811. The fraction of sp³-hybridized carbons (Fsp3) is 0.588. The predicted octanol–water partition coefficient (Wildman–Crippen LogP) is 4.12. The highest BCUT2D eigenvalue weighted by molar-refractivity contribution is 7.92. The Balaban J connectivity index is 2.14. The summed E-state index contributed by atoms with van der Waals surface area (Å²) >= 11 is 6.26. The second-order valence-corrected chi connectivity index (χ2v) is 9.90. The fourth-order valence-corrected chi connectivity index (χ4v) is 5.56. The van der Waals surface area contributed by atoms with E-state index in [2.05, 4.69) is 4.98 Å². The number of sulfone groups is 1. The van der Waals surface area contributed by atoms with Crippen LogP contribution in [0.5, 0.6) is 0 Å². The van der Waals surface area contributed by atoms with Crippen LogP contribution in [0.3, 0.4) is 0 Å². The van der Waals surface area contributed by atoms with Crippen LogP contribution in [0.25, 0.3) is 11.1 Å². The van der Waals surface area contributed by atoms with E-state index < -0.39 is 15.1 Å². The molecule has 0 aliphatic heterocycles. The number of hydrogen-bond donors (Lipinski definition) is 0. The van der Waals surface area contributed by atoms with Crippen LogP contribution < -0.4 is 0 Å². The van der Waals surface area contributed by atoms with Crippen LogP contribution in [-0.2, 0) is 20.0 Å². The molecule has 1 fully saturated rings. The average Bonchev–Trinajstić information content (AvgIpc) is 3.12. The van der Waals surface area contributed by atoms with Crippen LogP contribution in [0, 0.1) is 0 Å². The Morgan fingerprint density at radius 2 is 2.00 bits per heavy atom. The molecule has 1 aliphatic carbocycles. The Hall–Kier alpha value is -1.11. The molecular weight excluding hydrogens is 350 g/mol. The van der Waals surface area contributed by atoms with E-state index in [-0.39, 0.29) is 27.0 Å². The highest BCUT2D eigenvalue weighted by Crippen LogP contribution is 2.39. The van der Waals surface area contributed by atoms with Gasteiger partial charge in [0.25, 0.3) is 0 Å². The minimum atomic E-state index is -3.62. The van der Waals surface area contributed by atoms with Crippen molar-refractivity contribution < 1.29 is 17.6 Å². The molecule has 24 heavy (non-hydrogen) atoms. The number of aromatic nitrogens is 1. The summed E-state index contributed by atoms with van der Waals surface area (Å²) in [5.41, 5.74) is 0.457. The lowest BCUT2D eigenvalue weighted by Crippen LogP contribution is -2.20. The largest absolute Gasteiger partial charge is 0.439 e. The molecule has 132 valence electrons. The number of nitrogens with zero attached hydrogens (tertiary/aromatic N) is 1. The first-order chi connectivity index (χ1) is 11.1. The minimum Gasteiger partial charge on any atom is -0.439 e. The Morgan fingerprint density at radius 1 is 1.29 bits per heavy atom. The maximum atomic E-state index is 13.2. The van der Waals surface area contributed by atoms with Gasteiger partial charge in [-0.1, -0.05) is 32.4 Å². The summed E-state index contributed by atoms with van der Waals surface area (Å²) in [6, 6.07) is 3.27. The Morgan fingerprint density at radius 3 is 2.58 bits per heavy atom. The van der Waals surface area contributed by atoms with Crippen molar-refractivity contribution in [2.24, 2.45) is 0 Å². The van der Waals surface area contributed by atoms with Gasteiger partial charge in [0.2, 0.25) is 5.89 Å². The average molecular weight is 372 g/mol. The maximum absolute atomic E-state index is 13.2. The molecule has 0 amide bonds. The van der Waals surface area contributed by atoms with Gasteiger partial charge in [-0.25, -0.2) is 13.4 Å². The van der Waals surface area contributed by atoms with Gasteiger partial charge in [0.05, 0.1) is 16.4 Å². The summed E-state index contributed by atoms with van der Waals surface area (Å²) < 4.78 is 37.5. The predicted molar refractivity (Wildman–Crippen MR) is 93.3 cm³/mol. The molecule has 0 spiro atoms. The molecule has 5 nitrogen and oxygen atoms in total.